The summed E-state index contributed by atoms with van der Waals surface area (Å²) in [7, 11) is 1.59. The maximum atomic E-state index is 11.2. The summed E-state index contributed by atoms with van der Waals surface area (Å²) in [6.07, 6.45) is 3.34. The van der Waals surface area contributed by atoms with E-state index in [1.807, 2.05) is 0 Å². The van der Waals surface area contributed by atoms with E-state index in [0.29, 0.717) is 25.5 Å². The third-order valence-corrected chi connectivity index (χ3v) is 1.82. The molecule has 0 aromatic carbocycles. The first kappa shape index (κ1) is 12.5. The van der Waals surface area contributed by atoms with Gasteiger partial charge in [-0.2, -0.15) is 0 Å². The number of nitrogens with zero attached hydrogens (tertiary/aromatic N) is 2. The molecule has 0 aliphatic carbocycles. The first-order valence-electron chi connectivity index (χ1n) is 5.05. The molecule has 0 fully saturated rings. The number of carbonyl (C=O) groups excluding carboxylic acids is 1. The molecule has 0 aliphatic rings. The zero-order valence-corrected chi connectivity index (χ0v) is 9.27. The molecule has 0 unspecified atom stereocenters. The highest BCUT2D eigenvalue weighted by Crippen LogP contribution is 1.85. The fourth-order valence-corrected chi connectivity index (χ4v) is 1.06. The minimum Gasteiger partial charge on any atom is -0.383 e. The van der Waals surface area contributed by atoms with Crippen molar-refractivity contribution >= 4 is 5.91 Å². The number of nitrogens with one attached hydrogen (secondary N) is 2. The molecule has 88 valence electrons. The van der Waals surface area contributed by atoms with E-state index in [0.717, 1.165) is 0 Å². The molecular weight excluding hydrogens is 208 g/mol. The lowest BCUT2D eigenvalue weighted by molar-refractivity contribution is -0.120. The highest BCUT2D eigenvalue weighted by molar-refractivity contribution is 5.77. The Kier molecular flexibility index (Phi) is 6.05. The van der Waals surface area contributed by atoms with Crippen LogP contribution in [0, 0.1) is 0 Å². The number of aromatic nitrogens is 2. The minimum atomic E-state index is -0.0621. The van der Waals surface area contributed by atoms with Gasteiger partial charge in [0.15, 0.2) is 0 Å². The molecule has 16 heavy (non-hydrogen) atoms. The molecule has 0 saturated heterocycles. The van der Waals surface area contributed by atoms with Crippen LogP contribution in [0.4, 0.5) is 0 Å². The van der Waals surface area contributed by atoms with Gasteiger partial charge in [0.25, 0.3) is 0 Å². The van der Waals surface area contributed by atoms with Gasteiger partial charge >= 0.3 is 0 Å². The average Bonchev–Trinajstić information content (AvgIpc) is 2.31. The van der Waals surface area contributed by atoms with Gasteiger partial charge in [0.05, 0.1) is 19.7 Å². The summed E-state index contributed by atoms with van der Waals surface area (Å²) in [6, 6.07) is 1.75. The van der Waals surface area contributed by atoms with E-state index in [2.05, 4.69) is 20.6 Å². The Labute approximate surface area is 94.4 Å². The molecule has 1 heterocycles. The van der Waals surface area contributed by atoms with Crippen LogP contribution in [-0.4, -0.2) is 42.7 Å². The maximum absolute atomic E-state index is 11.2. The quantitative estimate of drug-likeness (QED) is 0.601. The van der Waals surface area contributed by atoms with Crippen molar-refractivity contribution in [3.8, 4) is 0 Å². The Morgan fingerprint density at radius 3 is 2.88 bits per heavy atom. The number of carbonyl (C=O) groups is 1. The van der Waals surface area contributed by atoms with Gasteiger partial charge in [-0.3, -0.25) is 4.79 Å². The van der Waals surface area contributed by atoms with Crippen LogP contribution in [0.5, 0.6) is 0 Å². The zero-order valence-electron chi connectivity index (χ0n) is 9.27. The fourth-order valence-electron chi connectivity index (χ4n) is 1.06. The third kappa shape index (κ3) is 5.38. The molecule has 6 nitrogen and oxygen atoms in total. The Bertz CT molecular complexity index is 305. The highest BCUT2D eigenvalue weighted by atomic mass is 16.5. The van der Waals surface area contributed by atoms with Crippen molar-refractivity contribution in [1.29, 1.82) is 0 Å². The average molecular weight is 224 g/mol. The molecule has 0 saturated carbocycles. The van der Waals surface area contributed by atoms with Crippen molar-refractivity contribution in [1.82, 2.24) is 20.6 Å². The molecule has 0 bridgehead atoms. The molecule has 0 radical (unpaired) electrons. The standard InChI is InChI=1S/C10H16N4O2/c1-16-6-5-14-10(15)8-11-7-9-12-3-2-4-13-9/h2-4,11H,5-8H2,1H3,(H,14,15). The fraction of sp³-hybridized carbons (Fsp3) is 0.500. The van der Waals surface area contributed by atoms with Crippen LogP contribution in [0.3, 0.4) is 0 Å². The zero-order chi connectivity index (χ0) is 11.6. The summed E-state index contributed by atoms with van der Waals surface area (Å²) in [4.78, 5) is 19.3. The molecule has 1 amide bonds. The van der Waals surface area contributed by atoms with E-state index in [1.165, 1.54) is 0 Å². The van der Waals surface area contributed by atoms with Crippen LogP contribution < -0.4 is 10.6 Å². The van der Waals surface area contributed by atoms with Crippen LogP contribution in [0.2, 0.25) is 0 Å². The largest absolute Gasteiger partial charge is 0.383 e. The van der Waals surface area contributed by atoms with E-state index in [4.69, 9.17) is 4.74 Å². The summed E-state index contributed by atoms with van der Waals surface area (Å²) >= 11 is 0. The van der Waals surface area contributed by atoms with Gasteiger partial charge < -0.3 is 15.4 Å². The number of amides is 1. The van der Waals surface area contributed by atoms with Gasteiger partial charge in [0.2, 0.25) is 5.91 Å². The maximum Gasteiger partial charge on any atom is 0.234 e. The summed E-state index contributed by atoms with van der Waals surface area (Å²) in [5.41, 5.74) is 0. The number of methoxy groups -OCH3 is 1. The van der Waals surface area contributed by atoms with E-state index >= 15 is 0 Å². The molecule has 1 aromatic rings. The SMILES string of the molecule is COCCNC(=O)CNCc1ncccn1. The van der Waals surface area contributed by atoms with Crippen molar-refractivity contribution in [2.24, 2.45) is 0 Å². The summed E-state index contributed by atoms with van der Waals surface area (Å²) in [5, 5.41) is 5.65. The molecule has 2 N–H and O–H groups in total. The first-order chi connectivity index (χ1) is 7.83. The topological polar surface area (TPSA) is 76.1 Å². The van der Waals surface area contributed by atoms with Crippen molar-refractivity contribution in [3.05, 3.63) is 24.3 Å². The van der Waals surface area contributed by atoms with E-state index < -0.39 is 0 Å². The van der Waals surface area contributed by atoms with E-state index in [-0.39, 0.29) is 12.5 Å². The van der Waals surface area contributed by atoms with Crippen LogP contribution in [0.15, 0.2) is 18.5 Å². The van der Waals surface area contributed by atoms with Gasteiger partial charge in [-0.1, -0.05) is 0 Å². The highest BCUT2D eigenvalue weighted by Gasteiger charge is 2.00. The van der Waals surface area contributed by atoms with Crippen molar-refractivity contribution in [3.63, 3.8) is 0 Å². The van der Waals surface area contributed by atoms with Gasteiger partial charge in [0, 0.05) is 26.0 Å². The van der Waals surface area contributed by atoms with Crippen molar-refractivity contribution in [2.45, 2.75) is 6.54 Å². The number of rotatable bonds is 7. The van der Waals surface area contributed by atoms with Gasteiger partial charge in [-0.15, -0.1) is 0 Å². The number of ether oxygens (including phenoxy) is 1. The van der Waals surface area contributed by atoms with Crippen LogP contribution in [-0.2, 0) is 16.1 Å². The van der Waals surface area contributed by atoms with Gasteiger partial charge in [-0.05, 0) is 6.07 Å². The molecule has 0 aliphatic heterocycles. The first-order valence-corrected chi connectivity index (χ1v) is 5.05. The molecular formula is C10H16N4O2. The summed E-state index contributed by atoms with van der Waals surface area (Å²) in [5.74, 6) is 0.611. The molecule has 0 atom stereocenters. The van der Waals surface area contributed by atoms with Crippen LogP contribution in [0.25, 0.3) is 0 Å². The predicted octanol–water partition coefficient (Wildman–Crippen LogP) is -0.671. The van der Waals surface area contributed by atoms with Gasteiger partial charge in [-0.25, -0.2) is 9.97 Å². The van der Waals surface area contributed by atoms with Crippen molar-refractivity contribution in [2.75, 3.05) is 26.8 Å². The lowest BCUT2D eigenvalue weighted by Crippen LogP contribution is -2.35. The molecule has 0 spiro atoms. The van der Waals surface area contributed by atoms with Crippen LogP contribution >= 0.6 is 0 Å². The monoisotopic (exact) mass is 224 g/mol. The Morgan fingerprint density at radius 1 is 1.44 bits per heavy atom. The van der Waals surface area contributed by atoms with E-state index in [1.54, 1.807) is 25.6 Å². The number of hydrogen-bond acceptors (Lipinski definition) is 5. The van der Waals surface area contributed by atoms with Crippen LogP contribution in [0.1, 0.15) is 5.82 Å². The predicted molar refractivity (Wildman–Crippen MR) is 58.6 cm³/mol. The third-order valence-electron chi connectivity index (χ3n) is 1.82. The Balaban J connectivity index is 2.09. The second-order valence-corrected chi connectivity index (χ2v) is 3.11. The lowest BCUT2D eigenvalue weighted by atomic mass is 10.5. The summed E-state index contributed by atoms with van der Waals surface area (Å²) in [6.45, 7) is 1.78. The Hall–Kier alpha value is -1.53. The van der Waals surface area contributed by atoms with E-state index in [9.17, 15) is 4.79 Å². The molecule has 6 heteroatoms. The Morgan fingerprint density at radius 2 is 2.19 bits per heavy atom. The second-order valence-electron chi connectivity index (χ2n) is 3.11. The molecule has 1 aromatic heterocycles. The molecule has 1 rings (SSSR count). The minimum absolute atomic E-state index is 0.0621. The lowest BCUT2D eigenvalue weighted by Gasteiger charge is -2.05. The number of hydrogen-bond donors (Lipinski definition) is 2. The normalized spacial score (nSPS) is 10.1. The van der Waals surface area contributed by atoms with Crippen molar-refractivity contribution < 1.29 is 9.53 Å². The second kappa shape index (κ2) is 7.72. The summed E-state index contributed by atoms with van der Waals surface area (Å²) < 4.78 is 4.81. The van der Waals surface area contributed by atoms with Gasteiger partial charge in [0.1, 0.15) is 5.82 Å². The smallest absolute Gasteiger partial charge is 0.234 e.